The lowest BCUT2D eigenvalue weighted by Gasteiger charge is -2.25. The van der Waals surface area contributed by atoms with E-state index < -0.39 is 9.84 Å². The molecule has 0 N–H and O–H groups in total. The van der Waals surface area contributed by atoms with E-state index >= 15 is 0 Å². The number of nitrogens with zero attached hydrogens (tertiary/aromatic N) is 3. The molecule has 7 heteroatoms. The molecule has 0 aromatic carbocycles. The first kappa shape index (κ1) is 19.8. The second kappa shape index (κ2) is 8.85. The maximum atomic E-state index is 12.9. The van der Waals surface area contributed by atoms with E-state index in [0.29, 0.717) is 17.0 Å². The average molecular weight is 384 g/mol. The van der Waals surface area contributed by atoms with E-state index in [-0.39, 0.29) is 5.75 Å². The SMILES string of the molecule is CCCCn1c(CN2CCC(COC)C2)cnc1S(=O)(=O)CC1CCC1. The smallest absolute Gasteiger partial charge is 0.227 e. The van der Waals surface area contributed by atoms with Crippen molar-refractivity contribution in [2.75, 3.05) is 32.6 Å². The van der Waals surface area contributed by atoms with Crippen LogP contribution >= 0.6 is 0 Å². The van der Waals surface area contributed by atoms with Crippen LogP contribution in [0.2, 0.25) is 0 Å². The summed E-state index contributed by atoms with van der Waals surface area (Å²) in [6, 6.07) is 0. The van der Waals surface area contributed by atoms with E-state index in [9.17, 15) is 8.42 Å². The number of sulfone groups is 1. The van der Waals surface area contributed by atoms with Crippen molar-refractivity contribution in [3.8, 4) is 0 Å². The van der Waals surface area contributed by atoms with E-state index in [4.69, 9.17) is 4.74 Å². The Balaban J connectivity index is 1.74. The highest BCUT2D eigenvalue weighted by molar-refractivity contribution is 7.91. The molecule has 1 aliphatic heterocycles. The lowest BCUT2D eigenvalue weighted by atomic mass is 9.87. The summed E-state index contributed by atoms with van der Waals surface area (Å²) in [5, 5.41) is 0.292. The second-order valence-electron chi connectivity index (χ2n) is 7.96. The van der Waals surface area contributed by atoms with Gasteiger partial charge >= 0.3 is 0 Å². The van der Waals surface area contributed by atoms with Gasteiger partial charge in [-0.25, -0.2) is 13.4 Å². The summed E-state index contributed by atoms with van der Waals surface area (Å²) >= 11 is 0. The zero-order valence-electron chi connectivity index (χ0n) is 16.2. The fraction of sp³-hybridized carbons (Fsp3) is 0.842. The molecule has 1 aromatic rings. The summed E-state index contributed by atoms with van der Waals surface area (Å²) < 4.78 is 33.0. The Morgan fingerprint density at radius 1 is 1.27 bits per heavy atom. The molecule has 1 unspecified atom stereocenters. The van der Waals surface area contributed by atoms with Crippen molar-refractivity contribution in [3.63, 3.8) is 0 Å². The Hall–Kier alpha value is -0.920. The van der Waals surface area contributed by atoms with Gasteiger partial charge in [-0.1, -0.05) is 19.8 Å². The van der Waals surface area contributed by atoms with E-state index in [0.717, 1.165) is 77.0 Å². The van der Waals surface area contributed by atoms with Gasteiger partial charge in [-0.15, -0.1) is 0 Å². The predicted molar refractivity (Wildman–Crippen MR) is 102 cm³/mol. The molecule has 26 heavy (non-hydrogen) atoms. The van der Waals surface area contributed by atoms with Gasteiger partial charge in [0.05, 0.1) is 24.3 Å². The summed E-state index contributed by atoms with van der Waals surface area (Å²) in [6.45, 7) is 6.49. The number of imidazole rings is 1. The highest BCUT2D eigenvalue weighted by Crippen LogP contribution is 2.30. The van der Waals surface area contributed by atoms with E-state index in [1.807, 2.05) is 4.57 Å². The van der Waals surface area contributed by atoms with Gasteiger partial charge < -0.3 is 9.30 Å². The van der Waals surface area contributed by atoms with Crippen molar-refractivity contribution >= 4 is 9.84 Å². The lowest BCUT2D eigenvalue weighted by molar-refractivity contribution is 0.152. The van der Waals surface area contributed by atoms with Crippen LogP contribution in [0.5, 0.6) is 0 Å². The summed E-state index contributed by atoms with van der Waals surface area (Å²) in [4.78, 5) is 6.77. The molecule has 1 saturated carbocycles. The Morgan fingerprint density at radius 3 is 2.73 bits per heavy atom. The minimum atomic E-state index is -3.30. The number of methoxy groups -OCH3 is 1. The molecule has 1 saturated heterocycles. The first-order chi connectivity index (χ1) is 12.5. The molecule has 1 aliphatic carbocycles. The van der Waals surface area contributed by atoms with Crippen LogP contribution in [0.25, 0.3) is 0 Å². The standard InChI is InChI=1S/C19H33N3O3S/c1-3-4-9-22-18(13-21-10-8-17(12-21)14-25-2)11-20-19(22)26(23,24)15-16-6-5-7-16/h11,16-17H,3-10,12-15H2,1-2H3. The van der Waals surface area contributed by atoms with Crippen LogP contribution in [-0.2, 0) is 27.7 Å². The van der Waals surface area contributed by atoms with Crippen molar-refractivity contribution in [3.05, 3.63) is 11.9 Å². The molecule has 0 bridgehead atoms. The third kappa shape index (κ3) is 4.67. The number of ether oxygens (including phenoxy) is 1. The number of likely N-dealkylation sites (tertiary alicyclic amines) is 1. The molecular weight excluding hydrogens is 350 g/mol. The molecule has 2 fully saturated rings. The topological polar surface area (TPSA) is 64.4 Å². The van der Waals surface area contributed by atoms with Crippen LogP contribution in [-0.4, -0.2) is 55.4 Å². The quantitative estimate of drug-likeness (QED) is 0.622. The zero-order valence-corrected chi connectivity index (χ0v) is 17.0. The molecule has 0 radical (unpaired) electrons. The summed E-state index contributed by atoms with van der Waals surface area (Å²) in [5.74, 6) is 1.16. The highest BCUT2D eigenvalue weighted by Gasteiger charge is 2.30. The van der Waals surface area contributed by atoms with Gasteiger partial charge in [0.25, 0.3) is 0 Å². The van der Waals surface area contributed by atoms with Gasteiger partial charge in [-0.3, -0.25) is 4.90 Å². The summed E-state index contributed by atoms with van der Waals surface area (Å²) in [7, 11) is -1.55. The largest absolute Gasteiger partial charge is 0.384 e. The first-order valence-corrected chi connectivity index (χ1v) is 11.7. The van der Waals surface area contributed by atoms with Crippen LogP contribution in [0.15, 0.2) is 11.4 Å². The van der Waals surface area contributed by atoms with Crippen molar-refractivity contribution in [1.29, 1.82) is 0 Å². The van der Waals surface area contributed by atoms with Gasteiger partial charge in [0, 0.05) is 26.7 Å². The number of rotatable bonds is 10. The average Bonchev–Trinajstić information content (AvgIpc) is 3.17. The molecule has 2 heterocycles. The number of hydrogen-bond acceptors (Lipinski definition) is 5. The van der Waals surface area contributed by atoms with Crippen molar-refractivity contribution in [2.45, 2.75) is 63.7 Å². The number of hydrogen-bond donors (Lipinski definition) is 0. The normalized spacial score (nSPS) is 22.0. The molecule has 2 aliphatic rings. The van der Waals surface area contributed by atoms with Crippen LogP contribution in [0, 0.1) is 11.8 Å². The second-order valence-corrected chi connectivity index (χ2v) is 9.89. The van der Waals surface area contributed by atoms with E-state index in [1.54, 1.807) is 13.3 Å². The fourth-order valence-electron chi connectivity index (χ4n) is 4.02. The minimum absolute atomic E-state index is 0.259. The minimum Gasteiger partial charge on any atom is -0.384 e. The summed E-state index contributed by atoms with van der Waals surface area (Å²) in [5.41, 5.74) is 1.03. The molecule has 3 rings (SSSR count). The van der Waals surface area contributed by atoms with Crippen molar-refractivity contribution in [2.24, 2.45) is 11.8 Å². The molecule has 1 aromatic heterocycles. The molecule has 148 valence electrons. The molecule has 0 spiro atoms. The van der Waals surface area contributed by atoms with Crippen molar-refractivity contribution in [1.82, 2.24) is 14.5 Å². The Morgan fingerprint density at radius 2 is 2.08 bits per heavy atom. The Labute approximate surface area is 157 Å². The van der Waals surface area contributed by atoms with Gasteiger partial charge in [0.2, 0.25) is 15.0 Å². The summed E-state index contributed by atoms with van der Waals surface area (Å²) in [6.07, 6.45) is 8.18. The van der Waals surface area contributed by atoms with Crippen LogP contribution in [0.4, 0.5) is 0 Å². The number of aromatic nitrogens is 2. The number of unbranched alkanes of at least 4 members (excludes halogenated alkanes) is 1. The molecule has 6 nitrogen and oxygen atoms in total. The Kier molecular flexibility index (Phi) is 6.75. The van der Waals surface area contributed by atoms with Gasteiger partial charge in [0.1, 0.15) is 0 Å². The molecular formula is C19H33N3O3S. The maximum absolute atomic E-state index is 12.9. The maximum Gasteiger partial charge on any atom is 0.227 e. The fourth-order valence-corrected chi connectivity index (χ4v) is 5.88. The third-order valence-electron chi connectivity index (χ3n) is 5.75. The van der Waals surface area contributed by atoms with Crippen molar-refractivity contribution < 1.29 is 13.2 Å². The third-order valence-corrected chi connectivity index (χ3v) is 7.55. The monoisotopic (exact) mass is 383 g/mol. The van der Waals surface area contributed by atoms with Gasteiger partial charge in [-0.05, 0) is 44.1 Å². The van der Waals surface area contributed by atoms with Crippen LogP contribution < -0.4 is 0 Å². The molecule has 1 atom stereocenters. The van der Waals surface area contributed by atoms with E-state index in [2.05, 4.69) is 16.8 Å². The van der Waals surface area contributed by atoms with Crippen LogP contribution in [0.3, 0.4) is 0 Å². The van der Waals surface area contributed by atoms with Crippen LogP contribution in [0.1, 0.15) is 51.1 Å². The highest BCUT2D eigenvalue weighted by atomic mass is 32.2. The predicted octanol–water partition coefficient (Wildman–Crippen LogP) is 2.73. The molecule has 0 amide bonds. The Bertz CT molecular complexity index is 682. The van der Waals surface area contributed by atoms with E-state index in [1.165, 1.54) is 0 Å². The zero-order chi connectivity index (χ0) is 18.6. The van der Waals surface area contributed by atoms with Gasteiger partial charge in [0.15, 0.2) is 0 Å². The lowest BCUT2D eigenvalue weighted by Crippen LogP contribution is -2.26. The first-order valence-electron chi connectivity index (χ1n) is 10.0. The van der Waals surface area contributed by atoms with Gasteiger partial charge in [-0.2, -0.15) is 0 Å².